The average molecular weight is 440 g/mol. The van der Waals surface area contributed by atoms with Gasteiger partial charge in [-0.1, -0.05) is 35.8 Å². The lowest BCUT2D eigenvalue weighted by Crippen LogP contribution is -2.30. The Morgan fingerprint density at radius 3 is 2.59 bits per heavy atom. The molecule has 0 bridgehead atoms. The summed E-state index contributed by atoms with van der Waals surface area (Å²) < 4.78 is 13.6. The molecule has 0 saturated heterocycles. The average Bonchev–Trinajstić information content (AvgIpc) is 2.97. The molecule has 0 fully saturated rings. The zero-order valence-corrected chi connectivity index (χ0v) is 17.5. The molecule has 1 N–H and O–H groups in total. The predicted octanol–water partition coefficient (Wildman–Crippen LogP) is 6.33. The van der Waals surface area contributed by atoms with Crippen LogP contribution in [0.3, 0.4) is 0 Å². The van der Waals surface area contributed by atoms with E-state index in [1.54, 1.807) is 41.8 Å². The Hall–Kier alpha value is -1.62. The van der Waals surface area contributed by atoms with Gasteiger partial charge in [-0.25, -0.2) is 0 Å². The van der Waals surface area contributed by atoms with E-state index in [4.69, 9.17) is 23.2 Å². The number of carbonyl (C=O) groups is 1. The number of hydrogen-bond donors (Lipinski definition) is 1. The summed E-state index contributed by atoms with van der Waals surface area (Å²) >= 11 is 13.5. The topological polar surface area (TPSA) is 57.6 Å². The number of fused-ring (bicyclic) bond motifs is 1. The van der Waals surface area contributed by atoms with Gasteiger partial charge in [-0.05, 0) is 52.7 Å². The fourth-order valence-corrected chi connectivity index (χ4v) is 5.60. The van der Waals surface area contributed by atoms with Gasteiger partial charge in [0.1, 0.15) is 5.66 Å². The second-order valence-corrected chi connectivity index (χ2v) is 10.2. The third-order valence-corrected chi connectivity index (χ3v) is 6.99. The van der Waals surface area contributed by atoms with Gasteiger partial charge in [-0.2, -0.15) is 0 Å². The molecule has 140 valence electrons. The fraction of sp³-hybridized carbons (Fsp3) is 0.105. The normalized spacial score (nSPS) is 14.5. The molecule has 0 aliphatic carbocycles. The third-order valence-electron chi connectivity index (χ3n) is 4.08. The van der Waals surface area contributed by atoms with Gasteiger partial charge < -0.3 is 4.89 Å². The summed E-state index contributed by atoms with van der Waals surface area (Å²) in [6.45, 7) is 4.87. The highest BCUT2D eigenvalue weighted by molar-refractivity contribution is 7.58. The molecule has 3 rings (SSSR count). The Morgan fingerprint density at radius 1 is 1.26 bits per heavy atom. The molecule has 1 aromatic heterocycles. The smallest absolute Gasteiger partial charge is 0.248 e. The molecule has 2 unspecified atom stereocenters. The maximum absolute atomic E-state index is 13.3. The first-order chi connectivity index (χ1) is 12.7. The van der Waals surface area contributed by atoms with Crippen LogP contribution in [-0.2, 0) is 9.36 Å². The fourth-order valence-electron chi connectivity index (χ4n) is 2.91. The molecule has 0 spiro atoms. The summed E-state index contributed by atoms with van der Waals surface area (Å²) in [5.74, 6) is -0.555. The number of carbonyl (C=O) groups excluding carboxylic acids is 1. The highest BCUT2D eigenvalue weighted by atomic mass is 35.5. The van der Waals surface area contributed by atoms with Gasteiger partial charge in [0.05, 0.1) is 0 Å². The molecule has 1 amide bonds. The zero-order valence-electron chi connectivity index (χ0n) is 14.3. The second kappa shape index (κ2) is 7.78. The molecule has 2 aromatic carbocycles. The van der Waals surface area contributed by atoms with Crippen LogP contribution >= 0.6 is 41.9 Å². The van der Waals surface area contributed by atoms with Gasteiger partial charge in [0.25, 0.3) is 0 Å². The van der Waals surface area contributed by atoms with Crippen LogP contribution in [0.5, 0.6) is 0 Å². The van der Waals surface area contributed by atoms with E-state index in [1.807, 2.05) is 6.07 Å². The lowest BCUT2D eigenvalue weighted by molar-refractivity contribution is -0.117. The molecule has 2 atom stereocenters. The summed E-state index contributed by atoms with van der Waals surface area (Å²) in [6.07, 6.45) is 1.32. The Morgan fingerprint density at radius 2 is 1.96 bits per heavy atom. The van der Waals surface area contributed by atoms with Crippen LogP contribution in [0.2, 0.25) is 10.0 Å². The van der Waals surface area contributed by atoms with E-state index in [1.165, 1.54) is 29.1 Å². The van der Waals surface area contributed by atoms with Gasteiger partial charge in [0, 0.05) is 33.3 Å². The monoisotopic (exact) mass is 439 g/mol. The number of anilines is 1. The molecule has 4 nitrogen and oxygen atoms in total. The van der Waals surface area contributed by atoms with Gasteiger partial charge in [0.15, 0.2) is 0 Å². The number of hydrogen-bond acceptors (Lipinski definition) is 3. The SMILES string of the molecule is C=CN(C(=O)C(c1csc2ccc(Cl)cc12)P(C)(=O)O)c1cccc(Cl)c1. The van der Waals surface area contributed by atoms with Crippen molar-refractivity contribution in [3.63, 3.8) is 0 Å². The molecule has 0 saturated carbocycles. The molecule has 0 aliphatic heterocycles. The van der Waals surface area contributed by atoms with E-state index >= 15 is 0 Å². The number of nitrogens with zero attached hydrogens (tertiary/aromatic N) is 1. The summed E-state index contributed by atoms with van der Waals surface area (Å²) in [5, 5.41) is 3.36. The van der Waals surface area contributed by atoms with Crippen LogP contribution in [0, 0.1) is 0 Å². The molecular weight excluding hydrogens is 424 g/mol. The summed E-state index contributed by atoms with van der Waals surface area (Å²) in [4.78, 5) is 25.0. The lowest BCUT2D eigenvalue weighted by atomic mass is 10.1. The first-order valence-electron chi connectivity index (χ1n) is 7.90. The lowest BCUT2D eigenvalue weighted by Gasteiger charge is -2.26. The minimum absolute atomic E-state index is 0.445. The van der Waals surface area contributed by atoms with Crippen molar-refractivity contribution in [3.8, 4) is 0 Å². The number of rotatable bonds is 5. The minimum atomic E-state index is -3.85. The first kappa shape index (κ1) is 20.1. The van der Waals surface area contributed by atoms with E-state index in [0.717, 1.165) is 4.70 Å². The van der Waals surface area contributed by atoms with Crippen molar-refractivity contribution in [3.05, 3.63) is 76.2 Å². The van der Waals surface area contributed by atoms with Crippen molar-refractivity contribution in [1.29, 1.82) is 0 Å². The van der Waals surface area contributed by atoms with Crippen LogP contribution in [0.25, 0.3) is 10.1 Å². The molecular formula is C19H16Cl2NO3PS. The van der Waals surface area contributed by atoms with E-state index in [0.29, 0.717) is 26.7 Å². The van der Waals surface area contributed by atoms with Gasteiger partial charge in [-0.15, -0.1) is 11.3 Å². The van der Waals surface area contributed by atoms with E-state index in [-0.39, 0.29) is 0 Å². The summed E-state index contributed by atoms with van der Waals surface area (Å²) in [5.41, 5.74) is -0.301. The Balaban J connectivity index is 2.14. The second-order valence-electron chi connectivity index (χ2n) is 6.05. The molecule has 3 aromatic rings. The number of thiophene rings is 1. The first-order valence-corrected chi connectivity index (χ1v) is 11.7. The van der Waals surface area contributed by atoms with Gasteiger partial charge in [0.2, 0.25) is 13.3 Å². The standard InChI is InChI=1S/C19H16Cl2NO3PS/c1-3-22(14-6-4-5-12(20)9-14)19(23)18(26(2,24)25)16-11-27-17-8-7-13(21)10-15(16)17/h3-11,18H,1H2,2H3,(H,24,25). The quantitative estimate of drug-likeness (QED) is 0.472. The predicted molar refractivity (Wildman–Crippen MR) is 114 cm³/mol. The van der Waals surface area contributed by atoms with Gasteiger partial charge >= 0.3 is 0 Å². The van der Waals surface area contributed by atoms with Crippen molar-refractivity contribution in [2.24, 2.45) is 0 Å². The highest BCUT2D eigenvalue weighted by Crippen LogP contribution is 2.55. The van der Waals surface area contributed by atoms with Crippen LogP contribution < -0.4 is 4.90 Å². The summed E-state index contributed by atoms with van der Waals surface area (Å²) in [6, 6.07) is 11.9. The maximum atomic E-state index is 13.3. The van der Waals surface area contributed by atoms with Crippen LogP contribution in [-0.4, -0.2) is 17.5 Å². The van der Waals surface area contributed by atoms with Crippen molar-refractivity contribution >= 4 is 63.6 Å². The van der Waals surface area contributed by atoms with Crippen molar-refractivity contribution in [1.82, 2.24) is 0 Å². The molecule has 0 radical (unpaired) electrons. The van der Waals surface area contributed by atoms with Crippen LogP contribution in [0.1, 0.15) is 11.2 Å². The highest BCUT2D eigenvalue weighted by Gasteiger charge is 2.39. The Bertz CT molecular complexity index is 1080. The van der Waals surface area contributed by atoms with Crippen LogP contribution in [0.15, 0.2) is 60.6 Å². The van der Waals surface area contributed by atoms with E-state index in [9.17, 15) is 14.3 Å². The Labute approximate surface area is 171 Å². The van der Waals surface area contributed by atoms with Crippen molar-refractivity contribution in [2.75, 3.05) is 11.6 Å². The molecule has 0 aliphatic rings. The largest absolute Gasteiger partial charge is 0.344 e. The van der Waals surface area contributed by atoms with Gasteiger partial charge in [-0.3, -0.25) is 14.3 Å². The molecule has 1 heterocycles. The van der Waals surface area contributed by atoms with Crippen molar-refractivity contribution in [2.45, 2.75) is 5.66 Å². The van der Waals surface area contributed by atoms with E-state index in [2.05, 4.69) is 6.58 Å². The summed E-state index contributed by atoms with van der Waals surface area (Å²) in [7, 11) is -3.85. The Kier molecular flexibility index (Phi) is 5.80. The minimum Gasteiger partial charge on any atom is -0.344 e. The van der Waals surface area contributed by atoms with Crippen molar-refractivity contribution < 1.29 is 14.3 Å². The maximum Gasteiger partial charge on any atom is 0.248 e. The number of benzene rings is 2. The molecule has 27 heavy (non-hydrogen) atoms. The molecule has 8 heteroatoms. The number of amides is 1. The van der Waals surface area contributed by atoms with E-state index < -0.39 is 18.9 Å². The van der Waals surface area contributed by atoms with Crippen LogP contribution in [0.4, 0.5) is 5.69 Å². The zero-order chi connectivity index (χ0) is 19.8. The third kappa shape index (κ3) is 4.13. The number of halogens is 2.